The molecule has 0 N–H and O–H groups in total. The molecule has 9 aromatic carbocycles. The van der Waals surface area contributed by atoms with Crippen molar-refractivity contribution < 1.29 is 0 Å². The summed E-state index contributed by atoms with van der Waals surface area (Å²) >= 11 is 0. The minimum Gasteiger partial charge on any atom is -0.310 e. The molecule has 65 heavy (non-hydrogen) atoms. The molecule has 2 heterocycles. The van der Waals surface area contributed by atoms with Crippen LogP contribution < -0.4 is 4.90 Å². The lowest BCUT2D eigenvalue weighted by molar-refractivity contribution is 1.17. The van der Waals surface area contributed by atoms with Crippen LogP contribution in [0.4, 0.5) is 17.1 Å². The third kappa shape index (κ3) is 7.66. The molecule has 0 saturated carbocycles. The van der Waals surface area contributed by atoms with E-state index in [4.69, 9.17) is 9.97 Å². The molecule has 0 atom stereocenters. The average molecular weight is 835 g/mol. The molecule has 0 fully saturated rings. The third-order valence-electron chi connectivity index (χ3n) is 12.5. The van der Waals surface area contributed by atoms with Crippen LogP contribution in [0.15, 0.2) is 224 Å². The van der Waals surface area contributed by atoms with E-state index in [-0.39, 0.29) is 0 Å². The molecule has 0 unspecified atom stereocenters. The van der Waals surface area contributed by atoms with Crippen molar-refractivity contribution in [1.82, 2.24) is 14.5 Å². The summed E-state index contributed by atoms with van der Waals surface area (Å²) in [7, 11) is 0. The van der Waals surface area contributed by atoms with Crippen molar-refractivity contribution in [3.05, 3.63) is 241 Å². The zero-order valence-corrected chi connectivity index (χ0v) is 36.7. The lowest BCUT2D eigenvalue weighted by atomic mass is 9.96. The first-order chi connectivity index (χ1) is 31.9. The van der Waals surface area contributed by atoms with E-state index in [9.17, 15) is 0 Å². The Morgan fingerprint density at radius 2 is 0.846 bits per heavy atom. The smallest absolute Gasteiger partial charge is 0.160 e. The normalized spacial score (nSPS) is 11.3. The lowest BCUT2D eigenvalue weighted by Crippen LogP contribution is -2.10. The summed E-state index contributed by atoms with van der Waals surface area (Å²) in [6.45, 7) is 6.49. The van der Waals surface area contributed by atoms with E-state index < -0.39 is 0 Å². The Labute approximate surface area is 380 Å². The summed E-state index contributed by atoms with van der Waals surface area (Å²) in [5.41, 5.74) is 20.3. The van der Waals surface area contributed by atoms with Gasteiger partial charge in [0.1, 0.15) is 0 Å². The number of fused-ring (bicyclic) bond motifs is 3. The quantitative estimate of drug-likeness (QED) is 0.145. The minimum absolute atomic E-state index is 0.716. The molecule has 0 amide bonds. The number of hydrogen-bond donors (Lipinski definition) is 0. The first-order valence-corrected chi connectivity index (χ1v) is 22.2. The molecule has 2 aromatic heterocycles. The van der Waals surface area contributed by atoms with Crippen molar-refractivity contribution in [3.63, 3.8) is 0 Å². The topological polar surface area (TPSA) is 34.0 Å². The maximum atomic E-state index is 5.03. The highest BCUT2D eigenvalue weighted by Crippen LogP contribution is 2.41. The van der Waals surface area contributed by atoms with Gasteiger partial charge in [-0.3, -0.25) is 0 Å². The van der Waals surface area contributed by atoms with E-state index in [1.54, 1.807) is 0 Å². The minimum atomic E-state index is 0.716. The monoisotopic (exact) mass is 834 g/mol. The van der Waals surface area contributed by atoms with Crippen LogP contribution in [0.5, 0.6) is 0 Å². The molecule has 11 rings (SSSR count). The highest BCUT2D eigenvalue weighted by molar-refractivity contribution is 6.10. The van der Waals surface area contributed by atoms with Gasteiger partial charge in [0.2, 0.25) is 0 Å². The van der Waals surface area contributed by atoms with Crippen LogP contribution >= 0.6 is 0 Å². The molecule has 4 heteroatoms. The lowest BCUT2D eigenvalue weighted by Gasteiger charge is -2.26. The Kier molecular flexibility index (Phi) is 10.2. The predicted octanol–water partition coefficient (Wildman–Crippen LogP) is 16.3. The Bertz CT molecular complexity index is 3360. The number of para-hydroxylation sites is 1. The van der Waals surface area contributed by atoms with Gasteiger partial charge in [-0.1, -0.05) is 169 Å². The number of hydrogen-bond acceptors (Lipinski definition) is 3. The molecular formula is C61H46N4. The SMILES string of the molecule is Cc1ccc(N(c2ccc(C)cc2)c2ccc3c(c2)c2ccccc2n3-c2ccc(-c3ccc(-c4ccc(-c5cc(-c6ccccc6)nc(-c6ccccc6)n5)cc4)cc3)c(C)c2)cc1. The number of rotatable bonds is 9. The molecule has 0 bridgehead atoms. The second kappa shape index (κ2) is 16.7. The van der Waals surface area contributed by atoms with E-state index in [0.29, 0.717) is 5.82 Å². The first-order valence-electron chi connectivity index (χ1n) is 22.2. The van der Waals surface area contributed by atoms with Crippen molar-refractivity contribution in [3.8, 4) is 61.8 Å². The summed E-state index contributed by atoms with van der Waals surface area (Å²) < 4.78 is 2.41. The number of aromatic nitrogens is 3. The number of aryl methyl sites for hydroxylation is 3. The van der Waals surface area contributed by atoms with E-state index in [0.717, 1.165) is 56.4 Å². The molecular weight excluding hydrogens is 789 g/mol. The number of anilines is 3. The highest BCUT2D eigenvalue weighted by Gasteiger charge is 2.18. The van der Waals surface area contributed by atoms with Crippen molar-refractivity contribution in [2.24, 2.45) is 0 Å². The summed E-state index contributed by atoms with van der Waals surface area (Å²) in [6.07, 6.45) is 0. The molecule has 310 valence electrons. The van der Waals surface area contributed by atoms with Crippen molar-refractivity contribution in [2.75, 3.05) is 4.90 Å². The van der Waals surface area contributed by atoms with Gasteiger partial charge in [0, 0.05) is 50.2 Å². The largest absolute Gasteiger partial charge is 0.310 e. The summed E-state index contributed by atoms with van der Waals surface area (Å²) in [5.74, 6) is 0.716. The van der Waals surface area contributed by atoms with Gasteiger partial charge in [0.15, 0.2) is 5.82 Å². The maximum absolute atomic E-state index is 5.03. The molecule has 0 spiro atoms. The van der Waals surface area contributed by atoms with Gasteiger partial charge < -0.3 is 9.47 Å². The zero-order valence-electron chi connectivity index (χ0n) is 36.7. The van der Waals surface area contributed by atoms with Gasteiger partial charge in [0.05, 0.1) is 22.4 Å². The Balaban J connectivity index is 0.889. The molecule has 0 saturated heterocycles. The van der Waals surface area contributed by atoms with Crippen LogP contribution in [0.25, 0.3) is 83.6 Å². The second-order valence-corrected chi connectivity index (χ2v) is 16.9. The van der Waals surface area contributed by atoms with Gasteiger partial charge in [0.25, 0.3) is 0 Å². The standard InChI is InChI=1S/C61H46N4/c1-41-18-30-50(31-19-41)64(51-32-20-42(2)21-33-51)53-35-37-60-56(39-53)55-16-10-11-17-59(55)65(60)52-34-36-54(43(3)38-52)46-26-22-44(23-27-46)45-24-28-48(29-25-45)58-40-57(47-12-6-4-7-13-47)62-61(63-58)49-14-8-5-9-15-49/h4-40H,1-3H3. The maximum Gasteiger partial charge on any atom is 0.160 e. The van der Waals surface area contributed by atoms with Crippen LogP contribution in [-0.2, 0) is 0 Å². The highest BCUT2D eigenvalue weighted by atomic mass is 15.1. The molecule has 0 aliphatic rings. The Hall–Kier alpha value is -8.34. The predicted molar refractivity (Wildman–Crippen MR) is 272 cm³/mol. The van der Waals surface area contributed by atoms with Crippen LogP contribution in [0.3, 0.4) is 0 Å². The fourth-order valence-electron chi connectivity index (χ4n) is 9.07. The first kappa shape index (κ1) is 39.5. The van der Waals surface area contributed by atoms with Gasteiger partial charge in [-0.15, -0.1) is 0 Å². The van der Waals surface area contributed by atoms with Crippen molar-refractivity contribution >= 4 is 38.9 Å². The van der Waals surface area contributed by atoms with Crippen LogP contribution in [0, 0.1) is 20.8 Å². The zero-order chi connectivity index (χ0) is 43.9. The third-order valence-corrected chi connectivity index (χ3v) is 12.5. The van der Waals surface area contributed by atoms with Gasteiger partial charge in [-0.05, 0) is 115 Å². The average Bonchev–Trinajstić information content (AvgIpc) is 3.69. The molecule has 0 aliphatic heterocycles. The summed E-state index contributed by atoms with van der Waals surface area (Å²) in [5, 5.41) is 2.45. The number of nitrogens with zero attached hydrogens (tertiary/aromatic N) is 4. The van der Waals surface area contributed by atoms with E-state index >= 15 is 0 Å². The van der Waals surface area contributed by atoms with Crippen LogP contribution in [-0.4, -0.2) is 14.5 Å². The van der Waals surface area contributed by atoms with E-state index in [1.165, 1.54) is 55.2 Å². The Morgan fingerprint density at radius 3 is 1.45 bits per heavy atom. The fraction of sp³-hybridized carbons (Fsp3) is 0.0492. The fourth-order valence-corrected chi connectivity index (χ4v) is 9.07. The molecule has 11 aromatic rings. The molecule has 0 aliphatic carbocycles. The molecule has 0 radical (unpaired) electrons. The van der Waals surface area contributed by atoms with Crippen molar-refractivity contribution in [1.29, 1.82) is 0 Å². The van der Waals surface area contributed by atoms with Gasteiger partial charge >= 0.3 is 0 Å². The number of benzene rings is 9. The van der Waals surface area contributed by atoms with Crippen LogP contribution in [0.1, 0.15) is 16.7 Å². The van der Waals surface area contributed by atoms with E-state index in [1.807, 2.05) is 36.4 Å². The van der Waals surface area contributed by atoms with E-state index in [2.05, 4.69) is 218 Å². The van der Waals surface area contributed by atoms with Gasteiger partial charge in [-0.2, -0.15) is 0 Å². The van der Waals surface area contributed by atoms with Gasteiger partial charge in [-0.25, -0.2) is 9.97 Å². The molecule has 4 nitrogen and oxygen atoms in total. The van der Waals surface area contributed by atoms with Crippen molar-refractivity contribution in [2.45, 2.75) is 20.8 Å². The Morgan fingerprint density at radius 1 is 0.354 bits per heavy atom. The van der Waals surface area contributed by atoms with Crippen LogP contribution in [0.2, 0.25) is 0 Å². The summed E-state index contributed by atoms with van der Waals surface area (Å²) in [6, 6.07) is 80.3. The summed E-state index contributed by atoms with van der Waals surface area (Å²) in [4.78, 5) is 12.3. The second-order valence-electron chi connectivity index (χ2n) is 16.9.